The summed E-state index contributed by atoms with van der Waals surface area (Å²) in [5, 5.41) is 3.32. The minimum absolute atomic E-state index is 0. The van der Waals surface area contributed by atoms with Gasteiger partial charge in [-0.05, 0) is 39.8 Å². The lowest BCUT2D eigenvalue weighted by Gasteiger charge is -2.20. The molecule has 0 aliphatic carbocycles. The molecular formula is C12H21Cl2N3O2. The Hall–Kier alpha value is -0.780. The Morgan fingerprint density at radius 1 is 1.37 bits per heavy atom. The standard InChI is InChI=1S/C12H19N3O2.2ClH/c1-3-17-12(16)10-8(2)14-11(15-10)9-4-6-13-7-5-9;;/h9,13H,3-7H2,1-2H3,(H,14,15);2*1H. The molecule has 1 aliphatic rings. The van der Waals surface area contributed by atoms with Crippen LogP contribution in [-0.2, 0) is 4.74 Å². The largest absolute Gasteiger partial charge is 0.461 e. The summed E-state index contributed by atoms with van der Waals surface area (Å²) in [6.07, 6.45) is 2.13. The molecule has 5 nitrogen and oxygen atoms in total. The molecule has 7 heteroatoms. The molecule has 1 aliphatic heterocycles. The van der Waals surface area contributed by atoms with Gasteiger partial charge in [-0.25, -0.2) is 9.78 Å². The Bertz CT molecular complexity index is 404. The Kier molecular flexibility index (Phi) is 8.06. The number of aromatic amines is 1. The number of carbonyl (C=O) groups excluding carboxylic acids is 1. The van der Waals surface area contributed by atoms with Gasteiger partial charge in [0.05, 0.1) is 6.61 Å². The summed E-state index contributed by atoms with van der Waals surface area (Å²) in [6.45, 7) is 6.07. The number of aromatic nitrogens is 2. The van der Waals surface area contributed by atoms with Gasteiger partial charge in [0.1, 0.15) is 5.82 Å². The summed E-state index contributed by atoms with van der Waals surface area (Å²) in [6, 6.07) is 0. The van der Waals surface area contributed by atoms with Gasteiger partial charge in [0.2, 0.25) is 0 Å². The first kappa shape index (κ1) is 18.2. The molecule has 0 radical (unpaired) electrons. The number of hydrogen-bond acceptors (Lipinski definition) is 4. The highest BCUT2D eigenvalue weighted by molar-refractivity contribution is 5.88. The van der Waals surface area contributed by atoms with E-state index >= 15 is 0 Å². The lowest BCUT2D eigenvalue weighted by molar-refractivity contribution is 0.0519. The van der Waals surface area contributed by atoms with Crippen LogP contribution in [0.3, 0.4) is 0 Å². The topological polar surface area (TPSA) is 67.0 Å². The van der Waals surface area contributed by atoms with Crippen molar-refractivity contribution in [3.05, 3.63) is 17.2 Å². The van der Waals surface area contributed by atoms with Crippen molar-refractivity contribution in [2.24, 2.45) is 0 Å². The van der Waals surface area contributed by atoms with Gasteiger partial charge in [0.25, 0.3) is 0 Å². The molecule has 1 aromatic rings. The van der Waals surface area contributed by atoms with Crippen molar-refractivity contribution >= 4 is 30.8 Å². The highest BCUT2D eigenvalue weighted by Gasteiger charge is 2.22. The summed E-state index contributed by atoms with van der Waals surface area (Å²) < 4.78 is 4.98. The fraction of sp³-hybridized carbons (Fsp3) is 0.667. The van der Waals surface area contributed by atoms with Crippen molar-refractivity contribution in [1.82, 2.24) is 15.3 Å². The summed E-state index contributed by atoms with van der Waals surface area (Å²) in [4.78, 5) is 19.3. The maximum atomic E-state index is 11.6. The molecule has 0 unspecified atom stereocenters. The van der Waals surface area contributed by atoms with Gasteiger partial charge in [-0.1, -0.05) is 0 Å². The van der Waals surface area contributed by atoms with Crippen molar-refractivity contribution in [1.29, 1.82) is 0 Å². The molecule has 1 aromatic heterocycles. The average Bonchev–Trinajstić information content (AvgIpc) is 2.73. The van der Waals surface area contributed by atoms with E-state index in [1.54, 1.807) is 6.92 Å². The van der Waals surface area contributed by atoms with Crippen molar-refractivity contribution in [3.8, 4) is 0 Å². The number of rotatable bonds is 3. The number of halogens is 2. The molecule has 0 aromatic carbocycles. The van der Waals surface area contributed by atoms with Crippen LogP contribution in [0, 0.1) is 6.92 Å². The van der Waals surface area contributed by atoms with E-state index in [2.05, 4.69) is 15.3 Å². The fourth-order valence-corrected chi connectivity index (χ4v) is 2.17. The maximum Gasteiger partial charge on any atom is 0.358 e. The van der Waals surface area contributed by atoms with Gasteiger partial charge in [0.15, 0.2) is 5.69 Å². The van der Waals surface area contributed by atoms with E-state index in [-0.39, 0.29) is 30.8 Å². The van der Waals surface area contributed by atoms with E-state index in [0.717, 1.165) is 37.4 Å². The molecule has 0 spiro atoms. The van der Waals surface area contributed by atoms with Crippen LogP contribution in [0.15, 0.2) is 0 Å². The van der Waals surface area contributed by atoms with Crippen LogP contribution in [0.1, 0.15) is 47.7 Å². The van der Waals surface area contributed by atoms with Crippen molar-refractivity contribution in [3.63, 3.8) is 0 Å². The Morgan fingerprint density at radius 3 is 2.58 bits per heavy atom. The molecule has 19 heavy (non-hydrogen) atoms. The second kappa shape index (κ2) is 8.40. The van der Waals surface area contributed by atoms with Gasteiger partial charge in [0, 0.05) is 11.6 Å². The smallest absolute Gasteiger partial charge is 0.358 e. The lowest BCUT2D eigenvalue weighted by Crippen LogP contribution is -2.27. The molecule has 1 fully saturated rings. The number of H-pyrrole nitrogens is 1. The number of esters is 1. The summed E-state index contributed by atoms with van der Waals surface area (Å²) >= 11 is 0. The highest BCUT2D eigenvalue weighted by atomic mass is 35.5. The van der Waals surface area contributed by atoms with Gasteiger partial charge in [-0.2, -0.15) is 0 Å². The third-order valence-electron chi connectivity index (χ3n) is 3.10. The third kappa shape index (κ3) is 4.37. The third-order valence-corrected chi connectivity index (χ3v) is 3.10. The van der Waals surface area contributed by atoms with Crippen molar-refractivity contribution in [2.45, 2.75) is 32.6 Å². The molecule has 0 bridgehead atoms. The van der Waals surface area contributed by atoms with Crippen LogP contribution < -0.4 is 5.32 Å². The molecule has 0 saturated carbocycles. The summed E-state index contributed by atoms with van der Waals surface area (Å²) in [5.74, 6) is 1.02. The summed E-state index contributed by atoms with van der Waals surface area (Å²) in [7, 11) is 0. The van der Waals surface area contributed by atoms with E-state index in [1.807, 2.05) is 6.92 Å². The molecule has 2 heterocycles. The van der Waals surface area contributed by atoms with Crippen LogP contribution in [0.25, 0.3) is 0 Å². The first-order valence-electron chi connectivity index (χ1n) is 6.16. The molecule has 110 valence electrons. The number of carbonyl (C=O) groups is 1. The quantitative estimate of drug-likeness (QED) is 0.840. The second-order valence-electron chi connectivity index (χ2n) is 4.34. The number of piperidine rings is 1. The maximum absolute atomic E-state index is 11.6. The van der Waals surface area contributed by atoms with Crippen molar-refractivity contribution < 1.29 is 9.53 Å². The number of aryl methyl sites for hydroxylation is 1. The first-order valence-corrected chi connectivity index (χ1v) is 6.16. The van der Waals surface area contributed by atoms with Crippen LogP contribution in [-0.4, -0.2) is 35.6 Å². The normalized spacial score (nSPS) is 15.3. The predicted molar refractivity (Wildman–Crippen MR) is 78.6 cm³/mol. The number of hydrogen-bond donors (Lipinski definition) is 2. The van der Waals surface area contributed by atoms with E-state index in [4.69, 9.17) is 4.74 Å². The van der Waals surface area contributed by atoms with E-state index < -0.39 is 0 Å². The molecule has 2 rings (SSSR count). The SMILES string of the molecule is CCOC(=O)c1nc(C2CCNCC2)[nH]c1C.Cl.Cl. The van der Waals surface area contributed by atoms with Gasteiger partial charge >= 0.3 is 5.97 Å². The van der Waals surface area contributed by atoms with Crippen molar-refractivity contribution in [2.75, 3.05) is 19.7 Å². The van der Waals surface area contributed by atoms with Gasteiger partial charge in [-0.15, -0.1) is 24.8 Å². The highest BCUT2D eigenvalue weighted by Crippen LogP contribution is 2.23. The van der Waals surface area contributed by atoms with E-state index in [1.165, 1.54) is 0 Å². The zero-order valence-electron chi connectivity index (χ0n) is 11.2. The number of ether oxygens (including phenoxy) is 1. The fourth-order valence-electron chi connectivity index (χ4n) is 2.17. The van der Waals surface area contributed by atoms with Crippen LogP contribution >= 0.6 is 24.8 Å². The number of nitrogens with one attached hydrogen (secondary N) is 2. The predicted octanol–water partition coefficient (Wildman–Crippen LogP) is 2.21. The van der Waals surface area contributed by atoms with Crippen LogP contribution in [0.5, 0.6) is 0 Å². The molecular weight excluding hydrogens is 289 g/mol. The zero-order chi connectivity index (χ0) is 12.3. The van der Waals surface area contributed by atoms with E-state index in [0.29, 0.717) is 18.2 Å². The van der Waals surface area contributed by atoms with Gasteiger partial charge < -0.3 is 15.0 Å². The molecule has 0 atom stereocenters. The molecule has 2 N–H and O–H groups in total. The minimum Gasteiger partial charge on any atom is -0.461 e. The monoisotopic (exact) mass is 309 g/mol. The van der Waals surface area contributed by atoms with Gasteiger partial charge in [-0.3, -0.25) is 0 Å². The average molecular weight is 310 g/mol. The number of imidazole rings is 1. The summed E-state index contributed by atoms with van der Waals surface area (Å²) in [5.41, 5.74) is 1.23. The Balaban J connectivity index is 0.00000162. The Labute approximate surface area is 125 Å². The number of nitrogens with zero attached hydrogens (tertiary/aromatic N) is 1. The second-order valence-corrected chi connectivity index (χ2v) is 4.34. The zero-order valence-corrected chi connectivity index (χ0v) is 12.8. The van der Waals surface area contributed by atoms with Crippen LogP contribution in [0.4, 0.5) is 0 Å². The first-order chi connectivity index (χ1) is 8.22. The molecule has 0 amide bonds. The Morgan fingerprint density at radius 2 is 2.00 bits per heavy atom. The van der Waals surface area contributed by atoms with Crippen LogP contribution in [0.2, 0.25) is 0 Å². The minimum atomic E-state index is -0.332. The van der Waals surface area contributed by atoms with E-state index in [9.17, 15) is 4.79 Å². The molecule has 1 saturated heterocycles. The lowest BCUT2D eigenvalue weighted by atomic mass is 9.98.